The minimum absolute atomic E-state index is 0.514. The van der Waals surface area contributed by atoms with Gasteiger partial charge < -0.3 is 33.7 Å². The third-order valence-corrected chi connectivity index (χ3v) is 3.09. The second-order valence-electron chi connectivity index (χ2n) is 4.80. The van der Waals surface area contributed by atoms with Gasteiger partial charge >= 0.3 is 0 Å². The summed E-state index contributed by atoms with van der Waals surface area (Å²) in [6.45, 7) is 8.60. The summed E-state index contributed by atoms with van der Waals surface area (Å²) in [5, 5.41) is 3.24. The molecule has 0 fully saturated rings. The molecular formula is C16H33Cl2NO6. The molecular weight excluding hydrogens is 373 g/mol. The highest BCUT2D eigenvalue weighted by Crippen LogP contribution is 1.84. The molecule has 0 aliphatic carbocycles. The third-order valence-electron chi connectivity index (χ3n) is 2.78. The topological polar surface area (TPSA) is 67.4 Å². The molecule has 0 heterocycles. The Labute approximate surface area is 161 Å². The molecule has 152 valence electrons. The van der Waals surface area contributed by atoms with Gasteiger partial charge in [0.15, 0.2) is 0 Å². The lowest BCUT2D eigenvalue weighted by Gasteiger charge is -2.08. The van der Waals surface area contributed by atoms with Crippen molar-refractivity contribution in [1.82, 2.24) is 5.32 Å². The van der Waals surface area contributed by atoms with Crippen LogP contribution in [0.15, 0.2) is 0 Å². The maximum absolute atomic E-state index is 5.48. The van der Waals surface area contributed by atoms with Crippen LogP contribution >= 0.6 is 23.2 Å². The van der Waals surface area contributed by atoms with Crippen molar-refractivity contribution >= 4 is 23.2 Å². The smallest absolute Gasteiger partial charge is 0.0701 e. The van der Waals surface area contributed by atoms with Gasteiger partial charge in [-0.3, -0.25) is 0 Å². The number of rotatable bonds is 22. The van der Waals surface area contributed by atoms with E-state index in [9.17, 15) is 0 Å². The SMILES string of the molecule is ClCCOCCOCCOCCNCCOCCOCCOCCCl. The zero-order chi connectivity index (χ0) is 18.3. The van der Waals surface area contributed by atoms with Crippen LogP contribution in [0.25, 0.3) is 0 Å². The summed E-state index contributed by atoms with van der Waals surface area (Å²) in [7, 11) is 0. The molecule has 0 aromatic carbocycles. The van der Waals surface area contributed by atoms with Gasteiger partial charge in [0.05, 0.1) is 79.3 Å². The average Bonchev–Trinajstić information content (AvgIpc) is 2.63. The summed E-state index contributed by atoms with van der Waals surface area (Å²) in [5.74, 6) is 1.03. The Hall–Kier alpha value is 0.300. The molecule has 0 radical (unpaired) electrons. The van der Waals surface area contributed by atoms with Crippen LogP contribution in [-0.4, -0.2) is 104 Å². The molecule has 0 spiro atoms. The van der Waals surface area contributed by atoms with Gasteiger partial charge in [-0.1, -0.05) is 0 Å². The maximum atomic E-state index is 5.48. The molecule has 25 heavy (non-hydrogen) atoms. The van der Waals surface area contributed by atoms with Gasteiger partial charge in [-0.25, -0.2) is 0 Å². The Morgan fingerprint density at radius 2 is 0.680 bits per heavy atom. The lowest BCUT2D eigenvalue weighted by Crippen LogP contribution is -2.25. The van der Waals surface area contributed by atoms with Crippen LogP contribution in [0, 0.1) is 0 Å². The Bertz CT molecular complexity index is 221. The minimum Gasteiger partial charge on any atom is -0.378 e. The molecule has 0 bridgehead atoms. The van der Waals surface area contributed by atoms with E-state index in [2.05, 4.69) is 5.32 Å². The number of alkyl halides is 2. The maximum Gasteiger partial charge on any atom is 0.0701 e. The standard InChI is InChI=1S/C16H33Cl2NO6/c17-1-5-20-9-13-24-15-11-22-7-3-19-4-8-23-12-16-25-14-10-21-6-2-18/h19H,1-16H2. The number of ether oxygens (including phenoxy) is 6. The van der Waals surface area contributed by atoms with Gasteiger partial charge in [0, 0.05) is 24.8 Å². The van der Waals surface area contributed by atoms with Crippen molar-refractivity contribution in [1.29, 1.82) is 0 Å². The summed E-state index contributed by atoms with van der Waals surface area (Å²) < 4.78 is 31.9. The first-order chi connectivity index (χ1) is 12.4. The van der Waals surface area contributed by atoms with Gasteiger partial charge in [-0.2, -0.15) is 0 Å². The monoisotopic (exact) mass is 405 g/mol. The van der Waals surface area contributed by atoms with Gasteiger partial charge in [0.25, 0.3) is 0 Å². The fraction of sp³-hybridized carbons (Fsp3) is 1.00. The molecule has 0 aromatic rings. The Kier molecular flexibility index (Phi) is 24.6. The van der Waals surface area contributed by atoms with Gasteiger partial charge in [-0.15, -0.1) is 23.2 Å². The van der Waals surface area contributed by atoms with Crippen molar-refractivity contribution in [2.75, 3.05) is 104 Å². The minimum atomic E-state index is 0.514. The van der Waals surface area contributed by atoms with E-state index in [1.165, 1.54) is 0 Å². The number of hydrogen-bond acceptors (Lipinski definition) is 7. The summed E-state index contributed by atoms with van der Waals surface area (Å²) in [4.78, 5) is 0. The molecule has 0 aliphatic heterocycles. The lowest BCUT2D eigenvalue weighted by molar-refractivity contribution is 0.0148. The third kappa shape index (κ3) is 24.3. The molecule has 0 unspecified atom stereocenters. The number of nitrogens with one attached hydrogen (secondary N) is 1. The largest absolute Gasteiger partial charge is 0.378 e. The molecule has 0 saturated heterocycles. The highest BCUT2D eigenvalue weighted by molar-refractivity contribution is 6.18. The zero-order valence-electron chi connectivity index (χ0n) is 15.0. The van der Waals surface area contributed by atoms with Crippen molar-refractivity contribution in [3.05, 3.63) is 0 Å². The summed E-state index contributed by atoms with van der Waals surface area (Å²) in [6, 6.07) is 0. The summed E-state index contributed by atoms with van der Waals surface area (Å²) >= 11 is 11.0. The quantitative estimate of drug-likeness (QED) is 0.214. The molecule has 0 atom stereocenters. The molecule has 0 aromatic heterocycles. The van der Waals surface area contributed by atoms with E-state index in [0.29, 0.717) is 91.0 Å². The molecule has 9 heteroatoms. The van der Waals surface area contributed by atoms with Crippen LogP contribution in [-0.2, 0) is 28.4 Å². The summed E-state index contributed by atoms with van der Waals surface area (Å²) in [5.41, 5.74) is 0. The highest BCUT2D eigenvalue weighted by Gasteiger charge is 1.93. The predicted octanol–water partition coefficient (Wildman–Crippen LogP) is 1.15. The first-order valence-corrected chi connectivity index (χ1v) is 9.77. The molecule has 1 N–H and O–H groups in total. The zero-order valence-corrected chi connectivity index (χ0v) is 16.5. The second kappa shape index (κ2) is 24.3. The predicted molar refractivity (Wildman–Crippen MR) is 99.2 cm³/mol. The van der Waals surface area contributed by atoms with Crippen LogP contribution in [0.5, 0.6) is 0 Å². The first-order valence-electron chi connectivity index (χ1n) is 8.71. The molecule has 0 rings (SSSR count). The van der Waals surface area contributed by atoms with E-state index >= 15 is 0 Å². The number of halogens is 2. The highest BCUT2D eigenvalue weighted by atomic mass is 35.5. The van der Waals surface area contributed by atoms with Crippen LogP contribution in [0.4, 0.5) is 0 Å². The Morgan fingerprint density at radius 1 is 0.400 bits per heavy atom. The van der Waals surface area contributed by atoms with E-state index in [-0.39, 0.29) is 0 Å². The van der Waals surface area contributed by atoms with E-state index in [0.717, 1.165) is 13.1 Å². The second-order valence-corrected chi connectivity index (χ2v) is 5.56. The van der Waals surface area contributed by atoms with Crippen LogP contribution in [0.2, 0.25) is 0 Å². The normalized spacial score (nSPS) is 11.3. The number of hydrogen-bond donors (Lipinski definition) is 1. The van der Waals surface area contributed by atoms with Gasteiger partial charge in [0.2, 0.25) is 0 Å². The van der Waals surface area contributed by atoms with Crippen molar-refractivity contribution in [2.24, 2.45) is 0 Å². The van der Waals surface area contributed by atoms with Crippen LogP contribution in [0.1, 0.15) is 0 Å². The van der Waals surface area contributed by atoms with Crippen LogP contribution in [0.3, 0.4) is 0 Å². The van der Waals surface area contributed by atoms with Crippen molar-refractivity contribution in [3.63, 3.8) is 0 Å². The van der Waals surface area contributed by atoms with E-state index in [4.69, 9.17) is 51.6 Å². The Balaban J connectivity index is 2.94. The van der Waals surface area contributed by atoms with E-state index < -0.39 is 0 Å². The summed E-state index contributed by atoms with van der Waals surface area (Å²) in [6.07, 6.45) is 0. The van der Waals surface area contributed by atoms with Crippen molar-refractivity contribution in [2.45, 2.75) is 0 Å². The van der Waals surface area contributed by atoms with Crippen LogP contribution < -0.4 is 5.32 Å². The van der Waals surface area contributed by atoms with Gasteiger partial charge in [-0.05, 0) is 0 Å². The fourth-order valence-corrected chi connectivity index (χ4v) is 1.82. The average molecular weight is 406 g/mol. The van der Waals surface area contributed by atoms with E-state index in [1.54, 1.807) is 0 Å². The molecule has 0 saturated carbocycles. The van der Waals surface area contributed by atoms with Crippen molar-refractivity contribution < 1.29 is 28.4 Å². The fourth-order valence-electron chi connectivity index (χ4n) is 1.61. The van der Waals surface area contributed by atoms with E-state index in [1.807, 2.05) is 0 Å². The first kappa shape index (κ1) is 25.3. The molecule has 7 nitrogen and oxygen atoms in total. The van der Waals surface area contributed by atoms with Gasteiger partial charge in [0.1, 0.15) is 0 Å². The molecule has 0 aliphatic rings. The molecule has 0 amide bonds. The Morgan fingerprint density at radius 3 is 1.00 bits per heavy atom. The van der Waals surface area contributed by atoms with Crippen molar-refractivity contribution in [3.8, 4) is 0 Å². The lowest BCUT2D eigenvalue weighted by atomic mass is 10.6.